The molecule has 0 aliphatic rings. The lowest BCUT2D eigenvalue weighted by atomic mass is 9.89. The highest BCUT2D eigenvalue weighted by Gasteiger charge is 2.17. The minimum absolute atomic E-state index is 0.705. The van der Waals surface area contributed by atoms with E-state index in [1.807, 2.05) is 11.3 Å². The first-order valence-corrected chi connectivity index (χ1v) is 19.5. The Morgan fingerprint density at radius 1 is 0.327 bits per heavy atom. The van der Waals surface area contributed by atoms with Gasteiger partial charge in [0.05, 0.1) is 11.4 Å². The summed E-state index contributed by atoms with van der Waals surface area (Å²) in [6.07, 6.45) is 0. The van der Waals surface area contributed by atoms with Gasteiger partial charge in [-0.2, -0.15) is 0 Å². The molecule has 11 aromatic rings. The maximum Gasteiger partial charge on any atom is 0.160 e. The molecule has 55 heavy (non-hydrogen) atoms. The quantitative estimate of drug-likeness (QED) is 0.131. The van der Waals surface area contributed by atoms with Crippen LogP contribution in [0.4, 0.5) is 0 Å². The lowest BCUT2D eigenvalue weighted by molar-refractivity contribution is 1.19. The lowest BCUT2D eigenvalue weighted by Crippen LogP contribution is -1.96. The summed E-state index contributed by atoms with van der Waals surface area (Å²) < 4.78 is 2.52. The highest BCUT2D eigenvalue weighted by Crippen LogP contribution is 2.42. The molecule has 256 valence electrons. The van der Waals surface area contributed by atoms with Crippen LogP contribution in [0.2, 0.25) is 0 Å². The number of rotatable bonds is 5. The van der Waals surface area contributed by atoms with E-state index in [1.165, 1.54) is 69.2 Å². The number of hydrogen-bond donors (Lipinski definition) is 0. The highest BCUT2D eigenvalue weighted by molar-refractivity contribution is 7.26. The van der Waals surface area contributed by atoms with Crippen LogP contribution in [0.5, 0.6) is 0 Å². The summed E-state index contributed by atoms with van der Waals surface area (Å²) >= 11 is 1.83. The summed E-state index contributed by atoms with van der Waals surface area (Å²) in [6.45, 7) is 0. The highest BCUT2D eigenvalue weighted by atomic mass is 32.1. The number of aromatic nitrogens is 2. The molecule has 0 N–H and O–H groups in total. The minimum Gasteiger partial charge on any atom is -0.228 e. The van der Waals surface area contributed by atoms with Gasteiger partial charge in [0.25, 0.3) is 0 Å². The summed E-state index contributed by atoms with van der Waals surface area (Å²) in [6, 6.07) is 69.7. The molecule has 3 heteroatoms. The fourth-order valence-corrected chi connectivity index (χ4v) is 9.44. The van der Waals surface area contributed by atoms with Gasteiger partial charge in [-0.1, -0.05) is 170 Å². The van der Waals surface area contributed by atoms with Crippen LogP contribution in [-0.2, 0) is 0 Å². The molecule has 0 fully saturated rings. The van der Waals surface area contributed by atoms with Crippen LogP contribution in [-0.4, -0.2) is 9.97 Å². The molecular weight excluding hydrogens is 685 g/mol. The van der Waals surface area contributed by atoms with Crippen LogP contribution in [0, 0.1) is 0 Å². The van der Waals surface area contributed by atoms with Gasteiger partial charge in [0.2, 0.25) is 0 Å². The monoisotopic (exact) mass is 716 g/mol. The number of benzene rings is 9. The molecule has 9 aromatic carbocycles. The van der Waals surface area contributed by atoms with Crippen molar-refractivity contribution >= 4 is 63.8 Å². The predicted molar refractivity (Wildman–Crippen MR) is 235 cm³/mol. The van der Waals surface area contributed by atoms with Gasteiger partial charge in [0.15, 0.2) is 5.82 Å². The molecule has 2 heterocycles. The lowest BCUT2D eigenvalue weighted by Gasteiger charge is -2.15. The first-order chi connectivity index (χ1) is 27.2. The van der Waals surface area contributed by atoms with E-state index in [0.29, 0.717) is 5.82 Å². The fraction of sp³-hybridized carbons (Fsp3) is 0. The van der Waals surface area contributed by atoms with Crippen molar-refractivity contribution in [2.24, 2.45) is 0 Å². The second-order valence-corrected chi connectivity index (χ2v) is 15.2. The molecule has 0 aliphatic heterocycles. The van der Waals surface area contributed by atoms with Gasteiger partial charge < -0.3 is 0 Å². The normalized spacial score (nSPS) is 11.6. The Morgan fingerprint density at radius 3 is 1.85 bits per heavy atom. The van der Waals surface area contributed by atoms with Gasteiger partial charge in [-0.3, -0.25) is 0 Å². The Morgan fingerprint density at radius 2 is 0.982 bits per heavy atom. The third kappa shape index (κ3) is 5.40. The SMILES string of the molecule is c1ccc(-c2cccc(-c3cc(-c4cccc5c4sc4ccccc45)nc(-c4ccc(-c5c6ccccc6cc6c5ccc5ccccc56)cc4)n3)c2)cc1. The third-order valence-electron chi connectivity index (χ3n) is 10.9. The van der Waals surface area contributed by atoms with Crippen molar-refractivity contribution in [3.63, 3.8) is 0 Å². The second kappa shape index (κ2) is 12.9. The van der Waals surface area contributed by atoms with Crippen molar-refractivity contribution in [2.45, 2.75) is 0 Å². The van der Waals surface area contributed by atoms with Crippen LogP contribution in [0.3, 0.4) is 0 Å². The molecule has 0 saturated heterocycles. The number of nitrogens with zero attached hydrogens (tertiary/aromatic N) is 2. The van der Waals surface area contributed by atoms with E-state index in [9.17, 15) is 0 Å². The Bertz CT molecular complexity index is 3250. The number of thiophene rings is 1. The largest absolute Gasteiger partial charge is 0.228 e. The Labute approximate surface area is 322 Å². The van der Waals surface area contributed by atoms with E-state index in [1.54, 1.807) is 0 Å². The zero-order valence-corrected chi connectivity index (χ0v) is 30.6. The fourth-order valence-electron chi connectivity index (χ4n) is 8.22. The van der Waals surface area contributed by atoms with E-state index in [2.05, 4.69) is 194 Å². The second-order valence-electron chi connectivity index (χ2n) is 14.1. The summed E-state index contributed by atoms with van der Waals surface area (Å²) in [4.78, 5) is 10.6. The van der Waals surface area contributed by atoms with Crippen molar-refractivity contribution in [3.8, 4) is 56.2 Å². The van der Waals surface area contributed by atoms with Gasteiger partial charge in [0, 0.05) is 36.9 Å². The molecule has 0 saturated carbocycles. The molecule has 0 amide bonds. The van der Waals surface area contributed by atoms with Gasteiger partial charge in [-0.25, -0.2) is 9.97 Å². The van der Waals surface area contributed by atoms with Gasteiger partial charge in [-0.05, 0) is 78.8 Å². The van der Waals surface area contributed by atoms with E-state index >= 15 is 0 Å². The topological polar surface area (TPSA) is 25.8 Å². The summed E-state index contributed by atoms with van der Waals surface area (Å²) in [7, 11) is 0. The molecule has 0 unspecified atom stereocenters. The van der Waals surface area contributed by atoms with E-state index in [-0.39, 0.29) is 0 Å². The Kier molecular flexibility index (Phi) is 7.39. The van der Waals surface area contributed by atoms with Crippen molar-refractivity contribution < 1.29 is 0 Å². The predicted octanol–water partition coefficient (Wildman–Crippen LogP) is 14.6. The van der Waals surface area contributed by atoms with Crippen LogP contribution in [0.15, 0.2) is 194 Å². The average Bonchev–Trinajstić information content (AvgIpc) is 3.65. The van der Waals surface area contributed by atoms with E-state index in [0.717, 1.165) is 33.6 Å². The van der Waals surface area contributed by atoms with Crippen molar-refractivity contribution in [1.29, 1.82) is 0 Å². The van der Waals surface area contributed by atoms with Crippen molar-refractivity contribution in [1.82, 2.24) is 9.97 Å². The Hall–Kier alpha value is -6.94. The molecule has 2 nitrogen and oxygen atoms in total. The van der Waals surface area contributed by atoms with Gasteiger partial charge >= 0.3 is 0 Å². The minimum atomic E-state index is 0.705. The summed E-state index contributed by atoms with van der Waals surface area (Å²) in [5.41, 5.74) is 9.71. The van der Waals surface area contributed by atoms with Crippen LogP contribution >= 0.6 is 11.3 Å². The maximum absolute atomic E-state index is 5.33. The van der Waals surface area contributed by atoms with Crippen molar-refractivity contribution in [3.05, 3.63) is 194 Å². The smallest absolute Gasteiger partial charge is 0.160 e. The summed E-state index contributed by atoms with van der Waals surface area (Å²) in [5.74, 6) is 0.705. The molecular formula is C52H32N2S. The molecule has 0 aliphatic carbocycles. The third-order valence-corrected chi connectivity index (χ3v) is 12.1. The van der Waals surface area contributed by atoms with Crippen LogP contribution < -0.4 is 0 Å². The Balaban J connectivity index is 1.09. The standard InChI is InChI=1S/C52H32N2S/c1-2-12-33(13-3-1)37-16-10-17-39(30-37)47-32-48(45-22-11-21-44-42-20-8-9-23-49(42)55-51(44)45)54-52(53-47)36-26-24-35(25-27-36)50-41-19-7-5-15-38(41)31-46-40-18-6-4-14-34(40)28-29-43(46)50/h1-32H. The first-order valence-electron chi connectivity index (χ1n) is 18.6. The molecule has 0 spiro atoms. The molecule has 0 radical (unpaired) electrons. The van der Waals surface area contributed by atoms with Crippen LogP contribution in [0.25, 0.3) is 109 Å². The number of hydrogen-bond acceptors (Lipinski definition) is 3. The first kappa shape index (κ1) is 31.6. The molecule has 2 aromatic heterocycles. The van der Waals surface area contributed by atoms with E-state index in [4.69, 9.17) is 9.97 Å². The molecule has 0 bridgehead atoms. The summed E-state index contributed by atoms with van der Waals surface area (Å²) in [5, 5.41) is 10.0. The zero-order valence-electron chi connectivity index (χ0n) is 29.8. The van der Waals surface area contributed by atoms with Crippen LogP contribution in [0.1, 0.15) is 0 Å². The van der Waals surface area contributed by atoms with E-state index < -0.39 is 0 Å². The number of fused-ring (bicyclic) bond motifs is 7. The molecule has 0 atom stereocenters. The molecule has 11 rings (SSSR count). The average molecular weight is 717 g/mol. The van der Waals surface area contributed by atoms with Crippen molar-refractivity contribution in [2.75, 3.05) is 0 Å². The van der Waals surface area contributed by atoms with Gasteiger partial charge in [0.1, 0.15) is 0 Å². The maximum atomic E-state index is 5.33. The van der Waals surface area contributed by atoms with Gasteiger partial charge in [-0.15, -0.1) is 11.3 Å². The zero-order chi connectivity index (χ0) is 36.3.